The number of nitrogens with zero attached hydrogens (tertiary/aromatic N) is 1. The lowest BCUT2D eigenvalue weighted by Gasteiger charge is -1.99. The molecule has 0 saturated carbocycles. The fraction of sp³-hybridized carbons (Fsp3) is 0.143. The highest BCUT2D eigenvalue weighted by Gasteiger charge is 2.09. The van der Waals surface area contributed by atoms with Crippen LogP contribution in [-0.2, 0) is 0 Å². The predicted octanol–water partition coefficient (Wildman–Crippen LogP) is 1.69. The van der Waals surface area contributed by atoms with E-state index in [0.717, 1.165) is 9.13 Å². The van der Waals surface area contributed by atoms with E-state index in [-0.39, 0.29) is 5.69 Å². The number of halogens is 1. The highest BCUT2D eigenvalue weighted by Crippen LogP contribution is 2.12. The molecule has 58 valence electrons. The Morgan fingerprint density at radius 1 is 1.73 bits per heavy atom. The molecule has 0 amide bonds. The molecule has 0 radical (unpaired) electrons. The van der Waals surface area contributed by atoms with Crippen molar-refractivity contribution in [2.75, 3.05) is 0 Å². The second kappa shape index (κ2) is 3.17. The van der Waals surface area contributed by atoms with E-state index in [2.05, 4.69) is 27.6 Å². The minimum absolute atomic E-state index is 0.136. The van der Waals surface area contributed by atoms with Crippen LogP contribution >= 0.6 is 22.6 Å². The summed E-state index contributed by atoms with van der Waals surface area (Å²) in [6, 6.07) is 1.78. The summed E-state index contributed by atoms with van der Waals surface area (Å²) in [7, 11) is 0. The third kappa shape index (κ3) is 1.68. The lowest BCUT2D eigenvalue weighted by Crippen LogP contribution is -2.03. The van der Waals surface area contributed by atoms with Crippen molar-refractivity contribution in [3.05, 3.63) is 27.1 Å². The molecule has 1 heterocycles. The second-order valence-electron chi connectivity index (χ2n) is 2.07. The van der Waals surface area contributed by atoms with Gasteiger partial charge in [0.05, 0.1) is 0 Å². The molecule has 0 atom stereocenters. The van der Waals surface area contributed by atoms with E-state index in [1.54, 1.807) is 13.0 Å². The summed E-state index contributed by atoms with van der Waals surface area (Å²) >= 11 is 2.08. The molecular formula is C7H6INO2. The number of rotatable bonds is 1. The van der Waals surface area contributed by atoms with Gasteiger partial charge in [0.2, 0.25) is 0 Å². The van der Waals surface area contributed by atoms with Gasteiger partial charge in [0.15, 0.2) is 5.69 Å². The minimum atomic E-state index is -0.971. The molecule has 1 aromatic rings. The van der Waals surface area contributed by atoms with Gasteiger partial charge in [-0.2, -0.15) is 0 Å². The van der Waals surface area contributed by atoms with Crippen molar-refractivity contribution in [2.24, 2.45) is 0 Å². The topological polar surface area (TPSA) is 50.2 Å². The van der Waals surface area contributed by atoms with Gasteiger partial charge in [-0.25, -0.2) is 9.78 Å². The summed E-state index contributed by atoms with van der Waals surface area (Å²) in [5, 5.41) is 8.62. The molecule has 0 aliphatic rings. The molecule has 0 aliphatic carbocycles. The quantitative estimate of drug-likeness (QED) is 0.784. The third-order valence-electron chi connectivity index (χ3n) is 1.34. The molecule has 1 rings (SSSR count). The summed E-state index contributed by atoms with van der Waals surface area (Å²) in [6.45, 7) is 1.75. The number of hydrogen-bond acceptors (Lipinski definition) is 2. The average Bonchev–Trinajstić information content (AvgIpc) is 1.94. The first kappa shape index (κ1) is 8.45. The average molecular weight is 263 g/mol. The molecule has 0 unspecified atom stereocenters. The van der Waals surface area contributed by atoms with Crippen LogP contribution in [0.2, 0.25) is 0 Å². The lowest BCUT2D eigenvalue weighted by atomic mass is 10.2. The maximum absolute atomic E-state index is 10.5. The molecule has 0 bridgehead atoms. The number of carbonyl (C=O) groups is 1. The Bertz CT molecular complexity index is 298. The molecule has 0 aliphatic heterocycles. The molecule has 3 nitrogen and oxygen atoms in total. The molecule has 0 fully saturated rings. The number of aromatic nitrogens is 1. The number of pyridine rings is 1. The predicted molar refractivity (Wildman–Crippen MR) is 48.7 cm³/mol. The van der Waals surface area contributed by atoms with E-state index >= 15 is 0 Å². The van der Waals surface area contributed by atoms with Crippen molar-refractivity contribution in [1.82, 2.24) is 4.98 Å². The summed E-state index contributed by atoms with van der Waals surface area (Å²) in [4.78, 5) is 14.2. The zero-order valence-electron chi connectivity index (χ0n) is 5.84. The number of aromatic carboxylic acids is 1. The van der Waals surface area contributed by atoms with Crippen molar-refractivity contribution in [3.8, 4) is 0 Å². The smallest absolute Gasteiger partial charge is 0.354 e. The van der Waals surface area contributed by atoms with Crippen molar-refractivity contribution in [1.29, 1.82) is 0 Å². The third-order valence-corrected chi connectivity index (χ3v) is 2.51. The van der Waals surface area contributed by atoms with E-state index in [1.165, 1.54) is 6.20 Å². The van der Waals surface area contributed by atoms with Gasteiger partial charge < -0.3 is 5.11 Å². The van der Waals surface area contributed by atoms with Crippen LogP contribution in [0.5, 0.6) is 0 Å². The Hall–Kier alpha value is -0.650. The Labute approximate surface area is 77.6 Å². The first-order valence-electron chi connectivity index (χ1n) is 2.97. The van der Waals surface area contributed by atoms with Gasteiger partial charge in [0, 0.05) is 9.77 Å². The first-order chi connectivity index (χ1) is 5.13. The van der Waals surface area contributed by atoms with Crippen molar-refractivity contribution in [3.63, 3.8) is 0 Å². The molecule has 1 N–H and O–H groups in total. The van der Waals surface area contributed by atoms with Crippen LogP contribution in [0.15, 0.2) is 12.3 Å². The maximum atomic E-state index is 10.5. The maximum Gasteiger partial charge on any atom is 0.354 e. The molecule has 4 heteroatoms. The SMILES string of the molecule is Cc1c(I)ccnc1C(=O)O. The van der Waals surface area contributed by atoms with Gasteiger partial charge in [0.25, 0.3) is 0 Å². The zero-order chi connectivity index (χ0) is 8.43. The van der Waals surface area contributed by atoms with Crippen molar-refractivity contribution >= 4 is 28.6 Å². The van der Waals surface area contributed by atoms with Crippen LogP contribution in [0, 0.1) is 10.5 Å². The fourth-order valence-corrected chi connectivity index (χ4v) is 1.14. The van der Waals surface area contributed by atoms with E-state index in [1.807, 2.05) is 0 Å². The van der Waals surface area contributed by atoms with E-state index in [9.17, 15) is 4.79 Å². The van der Waals surface area contributed by atoms with Crippen LogP contribution in [0.4, 0.5) is 0 Å². The number of hydrogen-bond donors (Lipinski definition) is 1. The highest BCUT2D eigenvalue weighted by atomic mass is 127. The van der Waals surface area contributed by atoms with Gasteiger partial charge in [-0.05, 0) is 41.1 Å². The highest BCUT2D eigenvalue weighted by molar-refractivity contribution is 14.1. The molecule has 1 aromatic heterocycles. The summed E-state index contributed by atoms with van der Waals surface area (Å²) in [6.07, 6.45) is 1.50. The summed E-state index contributed by atoms with van der Waals surface area (Å²) in [5.74, 6) is -0.971. The lowest BCUT2D eigenvalue weighted by molar-refractivity contribution is 0.0689. The minimum Gasteiger partial charge on any atom is -0.477 e. The van der Waals surface area contributed by atoms with Gasteiger partial charge in [0.1, 0.15) is 0 Å². The summed E-state index contributed by atoms with van der Waals surface area (Å²) < 4.78 is 0.926. The van der Waals surface area contributed by atoms with Gasteiger partial charge in [-0.3, -0.25) is 0 Å². The molecule has 0 aromatic carbocycles. The van der Waals surface area contributed by atoms with Crippen LogP contribution in [0.25, 0.3) is 0 Å². The van der Waals surface area contributed by atoms with E-state index < -0.39 is 5.97 Å². The normalized spacial score (nSPS) is 9.64. The van der Waals surface area contributed by atoms with Crippen LogP contribution in [-0.4, -0.2) is 16.1 Å². The van der Waals surface area contributed by atoms with Crippen LogP contribution < -0.4 is 0 Å². The monoisotopic (exact) mass is 263 g/mol. The number of carboxylic acid groups (broad SMARTS) is 1. The van der Waals surface area contributed by atoms with Crippen molar-refractivity contribution in [2.45, 2.75) is 6.92 Å². The zero-order valence-corrected chi connectivity index (χ0v) is 7.99. The molecule has 0 spiro atoms. The summed E-state index contributed by atoms with van der Waals surface area (Å²) in [5.41, 5.74) is 0.859. The number of carboxylic acids is 1. The Morgan fingerprint density at radius 3 is 2.82 bits per heavy atom. The standard InChI is InChI=1S/C7H6INO2/c1-4-5(8)2-3-9-6(4)7(10)11/h2-3H,1H3,(H,10,11). The van der Waals surface area contributed by atoms with E-state index in [0.29, 0.717) is 0 Å². The molecule has 11 heavy (non-hydrogen) atoms. The van der Waals surface area contributed by atoms with Gasteiger partial charge in [-0.1, -0.05) is 0 Å². The molecular weight excluding hydrogens is 257 g/mol. The van der Waals surface area contributed by atoms with Crippen molar-refractivity contribution < 1.29 is 9.90 Å². The Morgan fingerprint density at radius 2 is 2.36 bits per heavy atom. The van der Waals surface area contributed by atoms with Crippen LogP contribution in [0.3, 0.4) is 0 Å². The van der Waals surface area contributed by atoms with Gasteiger partial charge >= 0.3 is 5.97 Å². The Balaban J connectivity index is 3.27. The van der Waals surface area contributed by atoms with E-state index in [4.69, 9.17) is 5.11 Å². The van der Waals surface area contributed by atoms with Crippen LogP contribution in [0.1, 0.15) is 16.1 Å². The van der Waals surface area contributed by atoms with Gasteiger partial charge in [-0.15, -0.1) is 0 Å². The fourth-order valence-electron chi connectivity index (χ4n) is 0.728. The molecule has 0 saturated heterocycles. The Kier molecular flexibility index (Phi) is 2.43. The second-order valence-corrected chi connectivity index (χ2v) is 3.23. The first-order valence-corrected chi connectivity index (χ1v) is 4.05. The largest absolute Gasteiger partial charge is 0.477 e.